The number of hydrogen-bond donors (Lipinski definition) is 0. The largest absolute Gasteiger partial charge is 0.496 e. The van der Waals surface area contributed by atoms with E-state index in [0.29, 0.717) is 16.9 Å². The molecule has 0 saturated heterocycles. The smallest absolute Gasteiger partial charge is 0.194 e. The zero-order valence-electron chi connectivity index (χ0n) is 8.95. The topological polar surface area (TPSA) is 35.5 Å². The molecule has 0 radical (unpaired) electrons. The Hall–Kier alpha value is -1.61. The molecule has 0 saturated carbocycles. The van der Waals surface area contributed by atoms with Crippen LogP contribution in [0.1, 0.15) is 10.4 Å². The molecule has 1 aromatic rings. The van der Waals surface area contributed by atoms with Crippen molar-refractivity contribution in [2.24, 2.45) is 0 Å². The molecule has 1 aromatic carbocycles. The lowest BCUT2D eigenvalue weighted by Crippen LogP contribution is -2.08. The molecule has 0 unspecified atom stereocenters. The number of ketones is 1. The average molecular weight is 206 g/mol. The van der Waals surface area contributed by atoms with Crippen LogP contribution in [0.5, 0.6) is 5.75 Å². The highest BCUT2D eigenvalue weighted by Gasteiger charge is 2.14. The van der Waals surface area contributed by atoms with E-state index in [4.69, 9.17) is 9.47 Å². The standard InChI is InChI=1S/C12H14O3/c1-9(8-14-2)12(13)10-6-4-5-7-11(10)15-3/h4-7H,1,8H2,2-3H3. The Labute approximate surface area is 89.3 Å². The van der Waals surface area contributed by atoms with Gasteiger partial charge in [-0.1, -0.05) is 18.7 Å². The molecule has 0 atom stereocenters. The van der Waals surface area contributed by atoms with Crippen molar-refractivity contribution < 1.29 is 14.3 Å². The van der Waals surface area contributed by atoms with Crippen LogP contribution < -0.4 is 4.74 Å². The van der Waals surface area contributed by atoms with Crippen molar-refractivity contribution in [3.8, 4) is 5.75 Å². The molecule has 3 heteroatoms. The molecule has 0 aliphatic heterocycles. The molecule has 0 aliphatic rings. The van der Waals surface area contributed by atoms with Gasteiger partial charge in [0.25, 0.3) is 0 Å². The minimum absolute atomic E-state index is 0.144. The van der Waals surface area contributed by atoms with Crippen LogP contribution in [0.25, 0.3) is 0 Å². The Bertz CT molecular complexity index is 369. The Balaban J connectivity index is 2.95. The Morgan fingerprint density at radius 2 is 2.00 bits per heavy atom. The van der Waals surface area contributed by atoms with Crippen molar-refractivity contribution in [2.45, 2.75) is 0 Å². The second-order valence-electron chi connectivity index (χ2n) is 3.07. The van der Waals surface area contributed by atoms with Crippen molar-refractivity contribution in [2.75, 3.05) is 20.8 Å². The number of hydrogen-bond acceptors (Lipinski definition) is 3. The van der Waals surface area contributed by atoms with Crippen molar-refractivity contribution >= 4 is 5.78 Å². The minimum atomic E-state index is -0.144. The fraction of sp³-hybridized carbons (Fsp3) is 0.250. The molecule has 0 amide bonds. The molecule has 80 valence electrons. The number of ether oxygens (including phenoxy) is 2. The summed E-state index contributed by atoms with van der Waals surface area (Å²) in [5.74, 6) is 0.411. The highest BCUT2D eigenvalue weighted by molar-refractivity contribution is 6.10. The van der Waals surface area contributed by atoms with Gasteiger partial charge in [-0.15, -0.1) is 0 Å². The number of carbonyl (C=O) groups is 1. The Morgan fingerprint density at radius 1 is 1.33 bits per heavy atom. The average Bonchev–Trinajstić information content (AvgIpc) is 2.28. The maximum absolute atomic E-state index is 11.9. The number of methoxy groups -OCH3 is 2. The summed E-state index contributed by atoms with van der Waals surface area (Å²) >= 11 is 0. The van der Waals surface area contributed by atoms with Crippen LogP contribution in [0.2, 0.25) is 0 Å². The molecule has 15 heavy (non-hydrogen) atoms. The number of carbonyl (C=O) groups excluding carboxylic acids is 1. The summed E-state index contributed by atoms with van der Waals surface area (Å²) in [5, 5.41) is 0. The molecule has 1 rings (SSSR count). The van der Waals surface area contributed by atoms with Crippen molar-refractivity contribution in [3.63, 3.8) is 0 Å². The summed E-state index contributed by atoms with van der Waals surface area (Å²) in [4.78, 5) is 11.9. The van der Waals surface area contributed by atoms with Gasteiger partial charge in [0.1, 0.15) is 5.75 Å². The van der Waals surface area contributed by atoms with Gasteiger partial charge in [-0.05, 0) is 12.1 Å². The first-order valence-electron chi connectivity index (χ1n) is 4.55. The fourth-order valence-corrected chi connectivity index (χ4v) is 1.26. The van der Waals surface area contributed by atoms with E-state index in [1.807, 2.05) is 6.07 Å². The highest BCUT2D eigenvalue weighted by Crippen LogP contribution is 2.20. The summed E-state index contributed by atoms with van der Waals surface area (Å²) in [6, 6.07) is 7.06. The number of benzene rings is 1. The Kier molecular flexibility index (Phi) is 4.06. The maximum atomic E-state index is 11.9. The maximum Gasteiger partial charge on any atom is 0.194 e. The number of para-hydroxylation sites is 1. The minimum Gasteiger partial charge on any atom is -0.496 e. The summed E-state index contributed by atoms with van der Waals surface area (Å²) in [5.41, 5.74) is 0.934. The van der Waals surface area contributed by atoms with Crippen LogP contribution in [-0.2, 0) is 4.74 Å². The van der Waals surface area contributed by atoms with Crippen molar-refractivity contribution in [1.29, 1.82) is 0 Å². The number of rotatable bonds is 5. The van der Waals surface area contributed by atoms with E-state index in [1.54, 1.807) is 18.2 Å². The predicted octanol–water partition coefficient (Wildman–Crippen LogP) is 2.08. The predicted molar refractivity (Wildman–Crippen MR) is 58.3 cm³/mol. The lowest BCUT2D eigenvalue weighted by atomic mass is 10.0. The van der Waals surface area contributed by atoms with Crippen LogP contribution in [0, 0.1) is 0 Å². The van der Waals surface area contributed by atoms with Gasteiger partial charge in [0.15, 0.2) is 5.78 Å². The van der Waals surface area contributed by atoms with Gasteiger partial charge in [0, 0.05) is 12.7 Å². The van der Waals surface area contributed by atoms with Crippen molar-refractivity contribution in [1.82, 2.24) is 0 Å². The third kappa shape index (κ3) is 2.67. The van der Waals surface area contributed by atoms with Gasteiger partial charge in [0.2, 0.25) is 0 Å². The lowest BCUT2D eigenvalue weighted by molar-refractivity contribution is 0.100. The summed E-state index contributed by atoms with van der Waals surface area (Å²) in [6.07, 6.45) is 0. The molecule has 0 aromatic heterocycles. The normalized spacial score (nSPS) is 9.73. The quantitative estimate of drug-likeness (QED) is 0.546. The van der Waals surface area contributed by atoms with Crippen molar-refractivity contribution in [3.05, 3.63) is 42.0 Å². The van der Waals surface area contributed by atoms with Gasteiger partial charge < -0.3 is 9.47 Å². The van der Waals surface area contributed by atoms with E-state index in [0.717, 1.165) is 0 Å². The summed E-state index contributed by atoms with van der Waals surface area (Å²) in [6.45, 7) is 3.90. The van der Waals surface area contributed by atoms with E-state index in [9.17, 15) is 4.79 Å². The second kappa shape index (κ2) is 5.32. The monoisotopic (exact) mass is 206 g/mol. The van der Waals surface area contributed by atoms with Gasteiger partial charge in [0.05, 0.1) is 19.3 Å². The fourth-order valence-electron chi connectivity index (χ4n) is 1.26. The zero-order valence-corrected chi connectivity index (χ0v) is 8.95. The molecule has 0 heterocycles. The van der Waals surface area contributed by atoms with Gasteiger partial charge in [-0.25, -0.2) is 0 Å². The van der Waals surface area contributed by atoms with E-state index in [-0.39, 0.29) is 12.4 Å². The Morgan fingerprint density at radius 3 is 2.60 bits per heavy atom. The molecule has 0 aliphatic carbocycles. The first kappa shape index (κ1) is 11.5. The van der Waals surface area contributed by atoms with Gasteiger partial charge >= 0.3 is 0 Å². The molecule has 0 fully saturated rings. The van der Waals surface area contributed by atoms with Crippen LogP contribution in [0.15, 0.2) is 36.4 Å². The van der Waals surface area contributed by atoms with Crippen LogP contribution in [0.4, 0.5) is 0 Å². The summed E-state index contributed by atoms with van der Waals surface area (Å²) in [7, 11) is 3.06. The van der Waals surface area contributed by atoms with Crippen LogP contribution >= 0.6 is 0 Å². The van der Waals surface area contributed by atoms with E-state index >= 15 is 0 Å². The molecule has 3 nitrogen and oxygen atoms in total. The molecular formula is C12H14O3. The summed E-state index contributed by atoms with van der Waals surface area (Å²) < 4.78 is 9.95. The lowest BCUT2D eigenvalue weighted by Gasteiger charge is -2.08. The molecule has 0 bridgehead atoms. The van der Waals surface area contributed by atoms with Gasteiger partial charge in [-0.3, -0.25) is 4.79 Å². The number of Topliss-reactive ketones (excluding diaryl/α,β-unsaturated/α-hetero) is 1. The van der Waals surface area contributed by atoms with Crippen LogP contribution in [-0.4, -0.2) is 26.6 Å². The molecule has 0 spiro atoms. The first-order chi connectivity index (χ1) is 7.20. The van der Waals surface area contributed by atoms with E-state index in [1.165, 1.54) is 14.2 Å². The van der Waals surface area contributed by atoms with Gasteiger partial charge in [-0.2, -0.15) is 0 Å². The SMILES string of the molecule is C=C(COC)C(=O)c1ccccc1OC. The third-order valence-corrected chi connectivity index (χ3v) is 1.99. The molecule has 0 N–H and O–H groups in total. The molecular weight excluding hydrogens is 192 g/mol. The second-order valence-corrected chi connectivity index (χ2v) is 3.07. The zero-order chi connectivity index (χ0) is 11.3. The van der Waals surface area contributed by atoms with E-state index < -0.39 is 0 Å². The first-order valence-corrected chi connectivity index (χ1v) is 4.55. The third-order valence-electron chi connectivity index (χ3n) is 1.99. The van der Waals surface area contributed by atoms with Crippen LogP contribution in [0.3, 0.4) is 0 Å². The highest BCUT2D eigenvalue weighted by atomic mass is 16.5. The van der Waals surface area contributed by atoms with E-state index in [2.05, 4.69) is 6.58 Å².